The summed E-state index contributed by atoms with van der Waals surface area (Å²) in [6, 6.07) is 4.46. The molecule has 13 heteroatoms. The van der Waals surface area contributed by atoms with Gasteiger partial charge in [-0.25, -0.2) is 9.59 Å². The third kappa shape index (κ3) is 4.23. The Morgan fingerprint density at radius 1 is 0.643 bits per heavy atom. The summed E-state index contributed by atoms with van der Waals surface area (Å²) in [4.78, 5) is 32.5. The highest BCUT2D eigenvalue weighted by molar-refractivity contribution is 7.86. The molecule has 0 atom stereocenters. The molecule has 28 heavy (non-hydrogen) atoms. The van der Waals surface area contributed by atoms with E-state index in [9.17, 15) is 31.2 Å². The third-order valence-electron chi connectivity index (χ3n) is 3.50. The average molecular weight is 430 g/mol. The van der Waals surface area contributed by atoms with Gasteiger partial charge < -0.3 is 10.2 Å². The minimum absolute atomic E-state index is 0.443. The van der Waals surface area contributed by atoms with Crippen molar-refractivity contribution in [2.45, 2.75) is 9.79 Å². The Morgan fingerprint density at radius 2 is 0.964 bits per heavy atom. The van der Waals surface area contributed by atoms with Gasteiger partial charge in [-0.2, -0.15) is 16.8 Å². The first-order chi connectivity index (χ1) is 12.7. The van der Waals surface area contributed by atoms with Crippen LogP contribution in [0.5, 0.6) is 0 Å². The lowest BCUT2D eigenvalue weighted by Crippen LogP contribution is -2.13. The number of ketones is 1. The van der Waals surface area contributed by atoms with Gasteiger partial charge in [0.05, 0.1) is 11.1 Å². The number of carbonyl (C=O) groups is 3. The van der Waals surface area contributed by atoms with Crippen LogP contribution in [-0.4, -0.2) is 53.9 Å². The Bertz CT molecular complexity index is 1130. The molecule has 2 rings (SSSR count). The van der Waals surface area contributed by atoms with Gasteiger partial charge in [-0.3, -0.25) is 13.9 Å². The Balaban J connectivity index is 2.68. The van der Waals surface area contributed by atoms with Crippen LogP contribution in [0, 0.1) is 0 Å². The highest BCUT2D eigenvalue weighted by atomic mass is 32.2. The van der Waals surface area contributed by atoms with Crippen molar-refractivity contribution >= 4 is 38.0 Å². The number of carbonyl (C=O) groups excluding carboxylic acids is 1. The fraction of sp³-hybridized carbons (Fsp3) is 0. The molecule has 0 unspecified atom stereocenters. The molecule has 4 N–H and O–H groups in total. The summed E-state index contributed by atoms with van der Waals surface area (Å²) in [6.07, 6.45) is 0. The number of carboxylic acids is 2. The molecule has 0 radical (unpaired) electrons. The molecule has 0 bridgehead atoms. The fourth-order valence-electron chi connectivity index (χ4n) is 2.27. The van der Waals surface area contributed by atoms with Gasteiger partial charge in [0.1, 0.15) is 9.79 Å². The van der Waals surface area contributed by atoms with E-state index in [4.69, 9.17) is 19.3 Å². The van der Waals surface area contributed by atoms with E-state index >= 15 is 0 Å². The summed E-state index contributed by atoms with van der Waals surface area (Å²) < 4.78 is 63.8. The maximum Gasteiger partial charge on any atom is 0.337 e. The monoisotopic (exact) mass is 430 g/mol. The SMILES string of the molecule is O=C(c1ccc(C(=O)O)c(S(=O)(=O)O)c1)c1ccc(C(=O)O)c(S(=O)(=O)O)c1. The number of hydrogen-bond acceptors (Lipinski definition) is 7. The predicted octanol–water partition coefficient (Wildman–Crippen LogP) is 0.807. The molecule has 0 aliphatic rings. The Kier molecular flexibility index (Phi) is 5.39. The fourth-order valence-corrected chi connectivity index (χ4v) is 3.69. The van der Waals surface area contributed by atoms with Crippen molar-refractivity contribution in [1.82, 2.24) is 0 Å². The molecule has 148 valence electrons. The van der Waals surface area contributed by atoms with E-state index in [0.29, 0.717) is 12.1 Å². The molecule has 0 heterocycles. The van der Waals surface area contributed by atoms with Gasteiger partial charge in [-0.15, -0.1) is 0 Å². The van der Waals surface area contributed by atoms with E-state index in [1.807, 2.05) is 0 Å². The van der Waals surface area contributed by atoms with Gasteiger partial charge in [0.15, 0.2) is 5.78 Å². The summed E-state index contributed by atoms with van der Waals surface area (Å²) >= 11 is 0. The van der Waals surface area contributed by atoms with Crippen LogP contribution in [0.25, 0.3) is 0 Å². The average Bonchev–Trinajstić information content (AvgIpc) is 2.58. The number of hydrogen-bond donors (Lipinski definition) is 4. The molecule has 0 fully saturated rings. The van der Waals surface area contributed by atoms with E-state index in [-0.39, 0.29) is 0 Å². The predicted molar refractivity (Wildman–Crippen MR) is 89.9 cm³/mol. The number of carboxylic acid groups (broad SMARTS) is 2. The Hall–Kier alpha value is -3.13. The summed E-state index contributed by atoms with van der Waals surface area (Å²) in [6.45, 7) is 0. The molecule has 0 saturated carbocycles. The molecular weight excluding hydrogens is 420 g/mol. The normalized spacial score (nSPS) is 11.8. The van der Waals surface area contributed by atoms with E-state index in [2.05, 4.69) is 0 Å². The van der Waals surface area contributed by atoms with Crippen molar-refractivity contribution < 1.29 is 50.5 Å². The molecule has 0 aliphatic carbocycles. The van der Waals surface area contributed by atoms with Crippen molar-refractivity contribution in [2.24, 2.45) is 0 Å². The topological polar surface area (TPSA) is 200 Å². The van der Waals surface area contributed by atoms with Gasteiger partial charge in [0.25, 0.3) is 20.2 Å². The quantitative estimate of drug-likeness (QED) is 0.373. The van der Waals surface area contributed by atoms with Crippen molar-refractivity contribution in [1.29, 1.82) is 0 Å². The maximum absolute atomic E-state index is 12.5. The molecule has 2 aromatic carbocycles. The standard InChI is InChI=1S/C15H10O11S2/c16-13(7-1-3-9(14(17)18)11(5-7)27(21,22)23)8-2-4-10(15(19)20)12(6-8)28(24,25)26/h1-6H,(H,17,18)(H,19,20)(H,21,22,23)(H,24,25,26). The number of aromatic carboxylic acids is 2. The van der Waals surface area contributed by atoms with Crippen LogP contribution in [-0.2, 0) is 20.2 Å². The van der Waals surface area contributed by atoms with Crippen LogP contribution in [0.3, 0.4) is 0 Å². The van der Waals surface area contributed by atoms with Crippen molar-refractivity contribution in [3.05, 3.63) is 58.7 Å². The van der Waals surface area contributed by atoms with Crippen LogP contribution >= 0.6 is 0 Å². The van der Waals surface area contributed by atoms with E-state index in [1.54, 1.807) is 0 Å². The van der Waals surface area contributed by atoms with Gasteiger partial charge >= 0.3 is 11.9 Å². The lowest BCUT2D eigenvalue weighted by atomic mass is 10.0. The second-order valence-electron chi connectivity index (χ2n) is 5.31. The minimum atomic E-state index is -5.01. The first-order valence-electron chi connectivity index (χ1n) is 6.98. The zero-order valence-corrected chi connectivity index (χ0v) is 15.1. The van der Waals surface area contributed by atoms with Gasteiger partial charge in [0, 0.05) is 11.1 Å². The molecule has 11 nitrogen and oxygen atoms in total. The van der Waals surface area contributed by atoms with Crippen LogP contribution in [0.4, 0.5) is 0 Å². The Morgan fingerprint density at radius 3 is 1.21 bits per heavy atom. The van der Waals surface area contributed by atoms with Gasteiger partial charge in [-0.05, 0) is 24.3 Å². The second-order valence-corrected chi connectivity index (χ2v) is 8.09. The summed E-state index contributed by atoms with van der Waals surface area (Å²) in [5.41, 5.74) is -2.50. The molecule has 0 amide bonds. The molecule has 0 spiro atoms. The number of rotatable bonds is 6. The highest BCUT2D eigenvalue weighted by Gasteiger charge is 2.25. The zero-order chi connectivity index (χ0) is 21.4. The lowest BCUT2D eigenvalue weighted by molar-refractivity contribution is 0.0682. The van der Waals surface area contributed by atoms with Gasteiger partial charge in [-0.1, -0.05) is 12.1 Å². The second kappa shape index (κ2) is 7.12. The van der Waals surface area contributed by atoms with Crippen molar-refractivity contribution in [3.8, 4) is 0 Å². The smallest absolute Gasteiger partial charge is 0.337 e. The maximum atomic E-state index is 12.5. The first-order valence-corrected chi connectivity index (χ1v) is 9.86. The van der Waals surface area contributed by atoms with Crippen LogP contribution in [0.2, 0.25) is 0 Å². The third-order valence-corrected chi connectivity index (χ3v) is 5.29. The largest absolute Gasteiger partial charge is 0.478 e. The summed E-state index contributed by atoms with van der Waals surface area (Å²) in [5, 5.41) is 17.9. The van der Waals surface area contributed by atoms with E-state index in [1.165, 1.54) is 0 Å². The summed E-state index contributed by atoms with van der Waals surface area (Å²) in [7, 11) is -10.0. The zero-order valence-electron chi connectivity index (χ0n) is 13.4. The van der Waals surface area contributed by atoms with E-state index < -0.39 is 70.0 Å². The van der Waals surface area contributed by atoms with Gasteiger partial charge in [0.2, 0.25) is 0 Å². The van der Waals surface area contributed by atoms with Crippen molar-refractivity contribution in [2.75, 3.05) is 0 Å². The molecule has 0 saturated heterocycles. The first kappa shape index (κ1) is 21.2. The molecular formula is C15H10O11S2. The minimum Gasteiger partial charge on any atom is -0.478 e. The Labute approximate surface area is 157 Å². The van der Waals surface area contributed by atoms with Crippen LogP contribution in [0.15, 0.2) is 46.2 Å². The molecule has 2 aromatic rings. The molecule has 0 aliphatic heterocycles. The summed E-state index contributed by atoms with van der Waals surface area (Å²) in [5.74, 6) is -4.40. The number of benzene rings is 2. The van der Waals surface area contributed by atoms with E-state index in [0.717, 1.165) is 24.3 Å². The molecule has 0 aromatic heterocycles. The lowest BCUT2D eigenvalue weighted by Gasteiger charge is -2.09. The van der Waals surface area contributed by atoms with Crippen molar-refractivity contribution in [3.63, 3.8) is 0 Å². The van der Waals surface area contributed by atoms with Crippen LogP contribution in [0.1, 0.15) is 36.6 Å². The van der Waals surface area contributed by atoms with Crippen LogP contribution < -0.4 is 0 Å². The highest BCUT2D eigenvalue weighted by Crippen LogP contribution is 2.23.